The smallest absolute Gasteiger partial charge is 0.319 e. The Bertz CT molecular complexity index is 771. The number of nitrogens with one attached hydrogen (secondary N) is 2. The second-order valence-corrected chi connectivity index (χ2v) is 6.37. The lowest BCUT2D eigenvalue weighted by Crippen LogP contribution is -2.28. The Balaban J connectivity index is 1.93. The van der Waals surface area contributed by atoms with Crippen LogP contribution in [0.2, 0.25) is 0 Å². The number of sulfonamides is 1. The number of aryl methyl sites for hydroxylation is 1. The molecule has 2 amide bonds. The van der Waals surface area contributed by atoms with E-state index in [2.05, 4.69) is 10.6 Å². The molecule has 2 rings (SSSR count). The summed E-state index contributed by atoms with van der Waals surface area (Å²) in [6, 6.07) is 13.2. The van der Waals surface area contributed by atoms with Gasteiger partial charge in [-0.15, -0.1) is 0 Å². The van der Waals surface area contributed by atoms with Crippen LogP contribution in [0, 0.1) is 6.92 Å². The van der Waals surface area contributed by atoms with Crippen molar-refractivity contribution in [1.82, 2.24) is 5.32 Å². The zero-order chi connectivity index (χ0) is 16.2. The fraction of sp³-hybridized carbons (Fsp3) is 0.133. The summed E-state index contributed by atoms with van der Waals surface area (Å²) in [5.41, 5.74) is 2.48. The van der Waals surface area contributed by atoms with Gasteiger partial charge in [0.2, 0.25) is 10.0 Å². The predicted molar refractivity (Wildman–Crippen MR) is 84.9 cm³/mol. The highest BCUT2D eigenvalue weighted by Crippen LogP contribution is 2.13. The molecule has 0 unspecified atom stereocenters. The lowest BCUT2D eigenvalue weighted by Gasteiger charge is -2.10. The van der Waals surface area contributed by atoms with Gasteiger partial charge >= 0.3 is 6.03 Å². The number of carbonyl (C=O) groups excluding carboxylic acids is 1. The predicted octanol–water partition coefficient (Wildman–Crippen LogP) is 1.96. The molecule has 0 saturated carbocycles. The maximum Gasteiger partial charge on any atom is 0.319 e. The number of hydrogen-bond acceptors (Lipinski definition) is 3. The normalized spacial score (nSPS) is 11.0. The van der Waals surface area contributed by atoms with E-state index in [1.165, 1.54) is 12.1 Å². The number of para-hydroxylation sites is 1. The molecule has 7 heteroatoms. The van der Waals surface area contributed by atoms with Crippen LogP contribution in [0.25, 0.3) is 0 Å². The van der Waals surface area contributed by atoms with E-state index < -0.39 is 10.0 Å². The maximum absolute atomic E-state index is 11.8. The van der Waals surface area contributed by atoms with E-state index in [0.717, 1.165) is 16.8 Å². The first-order valence-corrected chi connectivity index (χ1v) is 8.13. The van der Waals surface area contributed by atoms with Gasteiger partial charge in [-0.25, -0.2) is 18.4 Å². The molecular weight excluding hydrogens is 302 g/mol. The number of benzene rings is 2. The van der Waals surface area contributed by atoms with Gasteiger partial charge in [0.25, 0.3) is 0 Å². The van der Waals surface area contributed by atoms with Gasteiger partial charge < -0.3 is 10.6 Å². The number of anilines is 1. The van der Waals surface area contributed by atoms with Crippen molar-refractivity contribution in [1.29, 1.82) is 0 Å². The number of primary sulfonamides is 1. The van der Waals surface area contributed by atoms with Crippen LogP contribution in [0.1, 0.15) is 11.1 Å². The summed E-state index contributed by atoms with van der Waals surface area (Å²) in [7, 11) is -3.70. The zero-order valence-corrected chi connectivity index (χ0v) is 12.9. The molecule has 0 saturated heterocycles. The topological polar surface area (TPSA) is 101 Å². The summed E-state index contributed by atoms with van der Waals surface area (Å²) in [6.07, 6.45) is 0. The van der Waals surface area contributed by atoms with Gasteiger partial charge in [0.05, 0.1) is 4.90 Å². The van der Waals surface area contributed by atoms with Crippen LogP contribution in [0.15, 0.2) is 53.4 Å². The van der Waals surface area contributed by atoms with Crippen molar-refractivity contribution < 1.29 is 13.2 Å². The minimum atomic E-state index is -3.70. The molecule has 22 heavy (non-hydrogen) atoms. The SMILES string of the molecule is Cc1ccccc1NC(=O)NCc1ccc(S(N)(=O)=O)cc1. The van der Waals surface area contributed by atoms with E-state index in [1.54, 1.807) is 12.1 Å². The average Bonchev–Trinajstić information content (AvgIpc) is 2.47. The largest absolute Gasteiger partial charge is 0.334 e. The highest BCUT2D eigenvalue weighted by Gasteiger charge is 2.07. The second kappa shape index (κ2) is 6.59. The molecule has 0 atom stereocenters. The van der Waals surface area contributed by atoms with Gasteiger partial charge in [-0.05, 0) is 36.2 Å². The van der Waals surface area contributed by atoms with Crippen LogP contribution >= 0.6 is 0 Å². The third-order valence-corrected chi connectivity index (χ3v) is 4.03. The van der Waals surface area contributed by atoms with Gasteiger partial charge in [0.15, 0.2) is 0 Å². The summed E-state index contributed by atoms with van der Waals surface area (Å²) in [6.45, 7) is 2.18. The molecule has 0 aliphatic heterocycles. The molecular formula is C15H17N3O3S. The molecule has 0 aliphatic carbocycles. The summed E-state index contributed by atoms with van der Waals surface area (Å²) in [5, 5.41) is 10.5. The molecule has 2 aromatic carbocycles. The van der Waals surface area contributed by atoms with Crippen LogP contribution in [0.3, 0.4) is 0 Å². The van der Waals surface area contributed by atoms with E-state index in [-0.39, 0.29) is 17.5 Å². The summed E-state index contributed by atoms with van der Waals surface area (Å²) in [4.78, 5) is 11.9. The Morgan fingerprint density at radius 1 is 1.09 bits per heavy atom. The zero-order valence-electron chi connectivity index (χ0n) is 12.0. The average molecular weight is 319 g/mol. The lowest BCUT2D eigenvalue weighted by atomic mass is 10.2. The van der Waals surface area contributed by atoms with Crippen molar-refractivity contribution in [2.45, 2.75) is 18.4 Å². The number of urea groups is 1. The van der Waals surface area contributed by atoms with Crippen molar-refractivity contribution >= 4 is 21.7 Å². The molecule has 2 aromatic rings. The molecule has 0 aromatic heterocycles. The van der Waals surface area contributed by atoms with Crippen LogP contribution in [0.4, 0.5) is 10.5 Å². The number of carbonyl (C=O) groups is 1. The summed E-state index contributed by atoms with van der Waals surface area (Å²) < 4.78 is 22.3. The first-order chi connectivity index (χ1) is 10.4. The quantitative estimate of drug-likeness (QED) is 0.803. The van der Waals surface area contributed by atoms with Crippen LogP contribution in [0.5, 0.6) is 0 Å². The Hall–Kier alpha value is -2.38. The molecule has 4 N–H and O–H groups in total. The number of amides is 2. The van der Waals surface area contributed by atoms with Crippen LogP contribution in [-0.4, -0.2) is 14.4 Å². The van der Waals surface area contributed by atoms with E-state index in [1.807, 2.05) is 31.2 Å². The third-order valence-electron chi connectivity index (χ3n) is 3.10. The summed E-state index contributed by atoms with van der Waals surface area (Å²) >= 11 is 0. The van der Waals surface area contributed by atoms with E-state index in [9.17, 15) is 13.2 Å². The van der Waals surface area contributed by atoms with Gasteiger partial charge in [0.1, 0.15) is 0 Å². The molecule has 6 nitrogen and oxygen atoms in total. The molecule has 0 heterocycles. The highest BCUT2D eigenvalue weighted by molar-refractivity contribution is 7.89. The van der Waals surface area contributed by atoms with Crippen molar-refractivity contribution in [3.63, 3.8) is 0 Å². The Morgan fingerprint density at radius 2 is 1.73 bits per heavy atom. The Labute approximate surface area is 129 Å². The third kappa shape index (κ3) is 4.31. The molecule has 116 valence electrons. The molecule has 0 aliphatic rings. The molecule has 0 spiro atoms. The monoisotopic (exact) mass is 319 g/mol. The van der Waals surface area contributed by atoms with Gasteiger partial charge in [0, 0.05) is 12.2 Å². The van der Waals surface area contributed by atoms with Crippen molar-refractivity contribution in [3.05, 3.63) is 59.7 Å². The fourth-order valence-electron chi connectivity index (χ4n) is 1.86. The second-order valence-electron chi connectivity index (χ2n) is 4.81. The number of hydrogen-bond donors (Lipinski definition) is 3. The first kappa shape index (κ1) is 16.0. The Kier molecular flexibility index (Phi) is 4.79. The summed E-state index contributed by atoms with van der Waals surface area (Å²) in [5.74, 6) is 0. The first-order valence-electron chi connectivity index (χ1n) is 6.58. The maximum atomic E-state index is 11.8. The number of rotatable bonds is 4. The minimum Gasteiger partial charge on any atom is -0.334 e. The molecule has 0 radical (unpaired) electrons. The van der Waals surface area contributed by atoms with E-state index in [4.69, 9.17) is 5.14 Å². The molecule has 0 bridgehead atoms. The van der Waals surface area contributed by atoms with E-state index >= 15 is 0 Å². The molecule has 0 fully saturated rings. The Morgan fingerprint density at radius 3 is 2.32 bits per heavy atom. The standard InChI is InChI=1S/C15H17N3O3S/c1-11-4-2-3-5-14(11)18-15(19)17-10-12-6-8-13(9-7-12)22(16,20)21/h2-9H,10H2,1H3,(H2,16,20,21)(H2,17,18,19). The van der Waals surface area contributed by atoms with Gasteiger partial charge in [-0.1, -0.05) is 30.3 Å². The highest BCUT2D eigenvalue weighted by atomic mass is 32.2. The van der Waals surface area contributed by atoms with Crippen molar-refractivity contribution in [2.24, 2.45) is 5.14 Å². The minimum absolute atomic E-state index is 0.0422. The van der Waals surface area contributed by atoms with E-state index in [0.29, 0.717) is 0 Å². The van der Waals surface area contributed by atoms with Crippen LogP contribution in [-0.2, 0) is 16.6 Å². The van der Waals surface area contributed by atoms with Gasteiger partial charge in [-0.2, -0.15) is 0 Å². The van der Waals surface area contributed by atoms with Gasteiger partial charge in [-0.3, -0.25) is 0 Å². The number of nitrogens with two attached hydrogens (primary N) is 1. The fourth-order valence-corrected chi connectivity index (χ4v) is 2.37. The van der Waals surface area contributed by atoms with Crippen LogP contribution < -0.4 is 15.8 Å². The van der Waals surface area contributed by atoms with Crippen molar-refractivity contribution in [3.8, 4) is 0 Å². The lowest BCUT2D eigenvalue weighted by molar-refractivity contribution is 0.251. The van der Waals surface area contributed by atoms with Crippen molar-refractivity contribution in [2.75, 3.05) is 5.32 Å².